The van der Waals surface area contributed by atoms with Gasteiger partial charge in [0.1, 0.15) is 29.6 Å². The lowest BCUT2D eigenvalue weighted by Gasteiger charge is -2.36. The van der Waals surface area contributed by atoms with E-state index in [0.29, 0.717) is 25.8 Å². The van der Waals surface area contributed by atoms with Crippen LogP contribution >= 0.6 is 11.6 Å². The molecule has 2 aromatic heterocycles. The van der Waals surface area contributed by atoms with Gasteiger partial charge in [-0.25, -0.2) is 18.6 Å². The van der Waals surface area contributed by atoms with Gasteiger partial charge in [-0.3, -0.25) is 14.9 Å². The van der Waals surface area contributed by atoms with Gasteiger partial charge >= 0.3 is 18.3 Å². The van der Waals surface area contributed by atoms with E-state index in [1.165, 1.54) is 5.01 Å². The van der Waals surface area contributed by atoms with Crippen LogP contribution in [0.3, 0.4) is 0 Å². The molecule has 16 heteroatoms. The summed E-state index contributed by atoms with van der Waals surface area (Å²) in [6.07, 6.45) is -1.63. The first kappa shape index (κ1) is 34.2. The number of alkyl halides is 4. The molecule has 3 aromatic rings. The Morgan fingerprint density at radius 3 is 2.58 bits per heavy atom. The highest BCUT2D eigenvalue weighted by Crippen LogP contribution is 2.45. The minimum absolute atomic E-state index is 0.0107. The summed E-state index contributed by atoms with van der Waals surface area (Å²) in [5.41, 5.74) is 1.25. The van der Waals surface area contributed by atoms with Gasteiger partial charge in [0.2, 0.25) is 0 Å². The Kier molecular flexibility index (Phi) is 8.98. The molecule has 10 nitrogen and oxygen atoms in total. The van der Waals surface area contributed by atoms with Crippen LogP contribution in [-0.2, 0) is 10.9 Å². The molecule has 1 amide bonds. The number of hydrogen-bond acceptors (Lipinski definition) is 9. The van der Waals surface area contributed by atoms with Crippen LogP contribution in [-0.4, -0.2) is 81.1 Å². The van der Waals surface area contributed by atoms with Gasteiger partial charge < -0.3 is 15.2 Å². The summed E-state index contributed by atoms with van der Waals surface area (Å²) in [4.78, 5) is 28.5. The van der Waals surface area contributed by atoms with Crippen molar-refractivity contribution < 1.29 is 36.2 Å². The number of nitrogen functional groups attached to an aromatic ring is 1. The van der Waals surface area contributed by atoms with Crippen LogP contribution in [0.5, 0.6) is 6.01 Å². The van der Waals surface area contributed by atoms with Crippen LogP contribution in [0.15, 0.2) is 18.3 Å². The van der Waals surface area contributed by atoms with Crippen LogP contribution in [0.1, 0.15) is 64.9 Å². The summed E-state index contributed by atoms with van der Waals surface area (Å²) >= 11 is 5.97. The third-order valence-corrected chi connectivity index (χ3v) is 9.20. The molecule has 2 atom stereocenters. The molecule has 0 saturated carbocycles. The highest BCUT2D eigenvalue weighted by atomic mass is 35.5. The number of fused-ring (bicyclic) bond motifs is 2. The number of nitrogens with zero attached hydrogens (tertiary/aromatic N) is 6. The highest BCUT2D eigenvalue weighted by molar-refractivity contribution is 6.32. The lowest BCUT2D eigenvalue weighted by Crippen LogP contribution is -2.49. The average molecular weight is 698 g/mol. The van der Waals surface area contributed by atoms with Gasteiger partial charge in [0.15, 0.2) is 11.6 Å². The zero-order valence-electron chi connectivity index (χ0n) is 26.8. The lowest BCUT2D eigenvalue weighted by atomic mass is 9.95. The van der Waals surface area contributed by atoms with E-state index in [0.717, 1.165) is 31.2 Å². The molecular formula is C32H37ClF5N7O3. The van der Waals surface area contributed by atoms with Crippen molar-refractivity contribution in [2.75, 3.05) is 43.5 Å². The molecule has 3 fully saturated rings. The fraction of sp³-hybridized carbons (Fsp3) is 0.562. The Balaban J connectivity index is 1.51. The number of pyridine rings is 1. The first-order chi connectivity index (χ1) is 22.6. The number of halogens is 6. The molecule has 48 heavy (non-hydrogen) atoms. The number of nitrogens with two attached hydrogens (primary N) is 1. The van der Waals surface area contributed by atoms with Crippen molar-refractivity contribution in [3.8, 4) is 17.3 Å². The summed E-state index contributed by atoms with van der Waals surface area (Å²) in [6, 6.07) is 1.60. The number of rotatable bonds is 5. The predicted molar refractivity (Wildman–Crippen MR) is 170 cm³/mol. The van der Waals surface area contributed by atoms with Crippen molar-refractivity contribution >= 4 is 40.1 Å². The van der Waals surface area contributed by atoms with E-state index < -0.39 is 62.8 Å². The van der Waals surface area contributed by atoms with Crippen LogP contribution in [0.2, 0.25) is 5.02 Å². The largest absolute Gasteiger partial charge is 0.461 e. The molecular weight excluding hydrogens is 661 g/mol. The van der Waals surface area contributed by atoms with E-state index in [2.05, 4.69) is 15.0 Å². The number of carbonyl (C=O) groups excluding carboxylic acids is 1. The molecule has 0 radical (unpaired) electrons. The Bertz CT molecular complexity index is 1720. The number of benzene rings is 1. The standard InChI is InChI=1S/C32H37ClF5N7O3/c1-30(2,3)48-29(46)45-11-6-4-5-10-44(45)27-21-15-40-25(20-12-19(39)13-22(33)23(20)32(36,37)38)24(35)26(21)41-28(42-27)47-17-31-8-7-9-43(31)16-18(34)14-31/h12-13,15,18H,4-11,14,16-17,39H2,1-3H3/t18-,31+/m1/s1. The third-order valence-electron chi connectivity index (χ3n) is 8.91. The molecule has 260 valence electrons. The lowest BCUT2D eigenvalue weighted by molar-refractivity contribution is -0.137. The zero-order chi connectivity index (χ0) is 34.6. The highest BCUT2D eigenvalue weighted by Gasteiger charge is 2.49. The molecule has 3 aliphatic heterocycles. The maximum absolute atomic E-state index is 16.6. The molecule has 0 bridgehead atoms. The zero-order valence-corrected chi connectivity index (χ0v) is 27.6. The van der Waals surface area contributed by atoms with Crippen LogP contribution < -0.4 is 15.5 Å². The fourth-order valence-electron chi connectivity index (χ4n) is 6.89. The second-order valence-electron chi connectivity index (χ2n) is 13.6. The Labute approximate surface area is 279 Å². The minimum atomic E-state index is -4.96. The van der Waals surface area contributed by atoms with Gasteiger partial charge in [0, 0.05) is 43.5 Å². The summed E-state index contributed by atoms with van der Waals surface area (Å²) in [7, 11) is 0. The first-order valence-electron chi connectivity index (χ1n) is 15.9. The molecule has 3 saturated heterocycles. The Hall–Kier alpha value is -3.72. The number of carbonyl (C=O) groups is 1. The van der Waals surface area contributed by atoms with Crippen molar-refractivity contribution in [3.63, 3.8) is 0 Å². The van der Waals surface area contributed by atoms with Crippen molar-refractivity contribution in [3.05, 3.63) is 34.7 Å². The molecule has 0 aliphatic carbocycles. The van der Waals surface area contributed by atoms with Crippen LogP contribution in [0, 0.1) is 5.82 Å². The molecule has 5 heterocycles. The van der Waals surface area contributed by atoms with E-state index in [1.807, 2.05) is 4.90 Å². The number of aromatic nitrogens is 3. The quantitative estimate of drug-likeness (QED) is 0.219. The second kappa shape index (κ2) is 12.6. The molecule has 1 aromatic carbocycles. The van der Waals surface area contributed by atoms with Crippen LogP contribution in [0.4, 0.5) is 38.3 Å². The van der Waals surface area contributed by atoms with E-state index in [1.54, 1.807) is 25.8 Å². The summed E-state index contributed by atoms with van der Waals surface area (Å²) in [5.74, 6) is -1.14. The average Bonchev–Trinajstić information content (AvgIpc) is 3.37. The van der Waals surface area contributed by atoms with Crippen molar-refractivity contribution in [1.82, 2.24) is 24.9 Å². The molecule has 0 spiro atoms. The predicted octanol–water partition coefficient (Wildman–Crippen LogP) is 7.18. The summed E-state index contributed by atoms with van der Waals surface area (Å²) < 4.78 is 85.5. The number of anilines is 2. The molecule has 0 unspecified atom stereocenters. The van der Waals surface area contributed by atoms with E-state index >= 15 is 4.39 Å². The van der Waals surface area contributed by atoms with Crippen molar-refractivity contribution in [1.29, 1.82) is 0 Å². The fourth-order valence-corrected chi connectivity index (χ4v) is 7.22. The number of amides is 1. The third kappa shape index (κ3) is 6.63. The Morgan fingerprint density at radius 2 is 1.85 bits per heavy atom. The van der Waals surface area contributed by atoms with E-state index in [9.17, 15) is 22.4 Å². The number of hydrogen-bond donors (Lipinski definition) is 1. The number of ether oxygens (including phenoxy) is 2. The molecule has 3 aliphatic rings. The maximum atomic E-state index is 16.6. The van der Waals surface area contributed by atoms with Gasteiger partial charge in [-0.1, -0.05) is 11.6 Å². The topological polar surface area (TPSA) is 110 Å². The van der Waals surface area contributed by atoms with Crippen molar-refractivity contribution in [2.45, 2.75) is 82.8 Å². The smallest absolute Gasteiger partial charge is 0.429 e. The summed E-state index contributed by atoms with van der Waals surface area (Å²) in [5, 5.41) is 2.22. The van der Waals surface area contributed by atoms with Gasteiger partial charge in [0.05, 0.1) is 21.5 Å². The first-order valence-corrected chi connectivity index (χ1v) is 16.3. The molecule has 6 rings (SSSR count). The second-order valence-corrected chi connectivity index (χ2v) is 14.0. The Morgan fingerprint density at radius 1 is 1.10 bits per heavy atom. The monoisotopic (exact) mass is 697 g/mol. The van der Waals surface area contributed by atoms with E-state index in [4.69, 9.17) is 26.8 Å². The van der Waals surface area contributed by atoms with Gasteiger partial charge in [0.25, 0.3) is 0 Å². The van der Waals surface area contributed by atoms with Crippen molar-refractivity contribution in [2.24, 2.45) is 0 Å². The van der Waals surface area contributed by atoms with Gasteiger partial charge in [-0.05, 0) is 71.6 Å². The van der Waals surface area contributed by atoms with Gasteiger partial charge in [-0.15, -0.1) is 0 Å². The van der Waals surface area contributed by atoms with E-state index in [-0.39, 0.29) is 55.6 Å². The minimum Gasteiger partial charge on any atom is -0.461 e. The maximum Gasteiger partial charge on any atom is 0.429 e. The van der Waals surface area contributed by atoms with Gasteiger partial charge in [-0.2, -0.15) is 23.1 Å². The molecule has 2 N–H and O–H groups in total. The summed E-state index contributed by atoms with van der Waals surface area (Å²) in [6.45, 7) is 6.73. The SMILES string of the molecule is CC(C)(C)OC(=O)N1CCCCCN1c1nc(OC[C@@]23CCCN2C[C@H](F)C3)nc2c(F)c(-c3cc(N)cc(Cl)c3C(F)(F)F)ncc12. The normalized spacial score (nSPS) is 22.2. The van der Waals surface area contributed by atoms with Crippen LogP contribution in [0.25, 0.3) is 22.2 Å². The number of hydrazine groups is 1.